The molecular formula is C14H14O6S. The molecule has 3 N–H and O–H groups in total. The third-order valence-electron chi connectivity index (χ3n) is 3.09. The van der Waals surface area contributed by atoms with E-state index in [-0.39, 0.29) is 11.0 Å². The summed E-state index contributed by atoms with van der Waals surface area (Å²) < 4.78 is 5.09. The molecule has 0 spiro atoms. The van der Waals surface area contributed by atoms with Crippen LogP contribution in [0.5, 0.6) is 0 Å². The van der Waals surface area contributed by atoms with Crippen LogP contribution in [0.2, 0.25) is 0 Å². The number of rotatable bonds is 5. The lowest BCUT2D eigenvalue weighted by Crippen LogP contribution is -2.19. The Hall–Kier alpha value is -1.83. The highest BCUT2D eigenvalue weighted by molar-refractivity contribution is 7.80. The highest BCUT2D eigenvalue weighted by atomic mass is 32.1. The summed E-state index contributed by atoms with van der Waals surface area (Å²) in [6, 6.07) is 5.14. The normalized spacial score (nSPS) is 14.0. The number of carbonyl (C=O) groups is 1. The first-order valence-corrected chi connectivity index (χ1v) is 6.85. The van der Waals surface area contributed by atoms with E-state index in [4.69, 9.17) is 9.52 Å². The fraction of sp³-hybridized carbons (Fsp3) is 0.286. The van der Waals surface area contributed by atoms with Gasteiger partial charge < -0.3 is 19.7 Å². The Morgan fingerprint density at radius 1 is 1.29 bits per heavy atom. The van der Waals surface area contributed by atoms with E-state index in [0.717, 1.165) is 6.07 Å². The zero-order chi connectivity index (χ0) is 15.6. The first-order chi connectivity index (χ1) is 9.93. The summed E-state index contributed by atoms with van der Waals surface area (Å²) in [5, 5.41) is 28.7. The molecule has 7 heteroatoms. The second-order valence-corrected chi connectivity index (χ2v) is 5.01. The standard InChI is InChI=1S/C14H14O6S/c15-9(3-4-21)13(17)7-1-2-11-8(5-7)10(16)6-12(20-11)14(18)19/h1-2,5-6,9,13,15,17,21H,3-4H2,(H,18,19). The summed E-state index contributed by atoms with van der Waals surface area (Å²) in [4.78, 5) is 22.7. The van der Waals surface area contributed by atoms with Crippen LogP contribution in [0.1, 0.15) is 28.6 Å². The molecule has 112 valence electrons. The van der Waals surface area contributed by atoms with Crippen molar-refractivity contribution in [3.05, 3.63) is 45.8 Å². The van der Waals surface area contributed by atoms with Gasteiger partial charge in [0.1, 0.15) is 11.7 Å². The van der Waals surface area contributed by atoms with Crippen LogP contribution in [0, 0.1) is 0 Å². The fourth-order valence-electron chi connectivity index (χ4n) is 1.98. The summed E-state index contributed by atoms with van der Waals surface area (Å²) in [5.41, 5.74) is -0.0573. The summed E-state index contributed by atoms with van der Waals surface area (Å²) in [7, 11) is 0. The number of benzene rings is 1. The Kier molecular flexibility index (Phi) is 4.66. The van der Waals surface area contributed by atoms with Crippen LogP contribution in [0.25, 0.3) is 11.0 Å². The molecule has 0 saturated carbocycles. The molecule has 0 radical (unpaired) electrons. The second kappa shape index (κ2) is 6.30. The van der Waals surface area contributed by atoms with Crippen molar-refractivity contribution in [1.82, 2.24) is 0 Å². The Morgan fingerprint density at radius 2 is 2.00 bits per heavy atom. The lowest BCUT2D eigenvalue weighted by Gasteiger charge is -2.17. The van der Waals surface area contributed by atoms with Gasteiger partial charge in [0, 0.05) is 6.07 Å². The molecular weight excluding hydrogens is 296 g/mol. The van der Waals surface area contributed by atoms with Gasteiger partial charge in [-0.3, -0.25) is 4.79 Å². The van der Waals surface area contributed by atoms with Crippen LogP contribution in [0.3, 0.4) is 0 Å². The Bertz CT molecular complexity index is 723. The fourth-order valence-corrected chi connectivity index (χ4v) is 2.24. The molecule has 0 fully saturated rings. The van der Waals surface area contributed by atoms with Crippen molar-refractivity contribution < 1.29 is 24.5 Å². The molecule has 2 unspecified atom stereocenters. The van der Waals surface area contributed by atoms with Crippen LogP contribution in [0.4, 0.5) is 0 Å². The van der Waals surface area contributed by atoms with Gasteiger partial charge in [-0.2, -0.15) is 12.6 Å². The van der Waals surface area contributed by atoms with Crippen LogP contribution in [-0.2, 0) is 0 Å². The van der Waals surface area contributed by atoms with E-state index in [9.17, 15) is 19.8 Å². The summed E-state index contributed by atoms with van der Waals surface area (Å²) in [5.74, 6) is -1.37. The number of hydrogen-bond acceptors (Lipinski definition) is 6. The van der Waals surface area contributed by atoms with Crippen molar-refractivity contribution in [1.29, 1.82) is 0 Å². The van der Waals surface area contributed by atoms with Gasteiger partial charge in [-0.15, -0.1) is 0 Å². The average molecular weight is 310 g/mol. The molecule has 0 bridgehead atoms. The Balaban J connectivity index is 2.47. The summed E-state index contributed by atoms with van der Waals surface area (Å²) >= 11 is 3.98. The minimum atomic E-state index is -1.33. The van der Waals surface area contributed by atoms with E-state index in [1.165, 1.54) is 18.2 Å². The van der Waals surface area contributed by atoms with Crippen molar-refractivity contribution >= 4 is 29.6 Å². The van der Waals surface area contributed by atoms with Crippen molar-refractivity contribution in [2.45, 2.75) is 18.6 Å². The minimum Gasteiger partial charge on any atom is -0.475 e. The smallest absolute Gasteiger partial charge is 0.371 e. The minimum absolute atomic E-state index is 0.111. The Morgan fingerprint density at radius 3 is 2.62 bits per heavy atom. The van der Waals surface area contributed by atoms with Gasteiger partial charge in [-0.1, -0.05) is 6.07 Å². The number of fused-ring (bicyclic) bond motifs is 1. The number of aromatic carboxylic acids is 1. The van der Waals surface area contributed by atoms with Crippen LogP contribution in [-0.4, -0.2) is 33.1 Å². The van der Waals surface area contributed by atoms with Crippen molar-refractivity contribution in [3.63, 3.8) is 0 Å². The zero-order valence-corrected chi connectivity index (χ0v) is 11.8. The third-order valence-corrected chi connectivity index (χ3v) is 3.35. The van der Waals surface area contributed by atoms with Gasteiger partial charge in [0.25, 0.3) is 0 Å². The summed E-state index contributed by atoms with van der Waals surface area (Å²) in [6.07, 6.45) is -1.85. The third kappa shape index (κ3) is 3.26. The van der Waals surface area contributed by atoms with Gasteiger partial charge in [-0.05, 0) is 29.9 Å². The highest BCUT2D eigenvalue weighted by Gasteiger charge is 2.19. The number of carboxylic acid groups (broad SMARTS) is 1. The molecule has 1 aromatic carbocycles. The van der Waals surface area contributed by atoms with Gasteiger partial charge >= 0.3 is 5.97 Å². The maximum Gasteiger partial charge on any atom is 0.371 e. The van der Waals surface area contributed by atoms with Crippen LogP contribution < -0.4 is 5.43 Å². The van der Waals surface area contributed by atoms with E-state index in [0.29, 0.717) is 17.7 Å². The zero-order valence-electron chi connectivity index (χ0n) is 10.9. The molecule has 1 aromatic heterocycles. The number of thiol groups is 1. The highest BCUT2D eigenvalue weighted by Crippen LogP contribution is 2.23. The van der Waals surface area contributed by atoms with E-state index in [1.54, 1.807) is 0 Å². The van der Waals surface area contributed by atoms with E-state index in [1.807, 2.05) is 0 Å². The average Bonchev–Trinajstić information content (AvgIpc) is 2.46. The Labute approximate surface area is 125 Å². The lowest BCUT2D eigenvalue weighted by molar-refractivity contribution is 0.0173. The van der Waals surface area contributed by atoms with Gasteiger partial charge in [-0.25, -0.2) is 4.79 Å². The van der Waals surface area contributed by atoms with Crippen LogP contribution >= 0.6 is 12.6 Å². The molecule has 0 aliphatic heterocycles. The molecule has 0 saturated heterocycles. The molecule has 6 nitrogen and oxygen atoms in total. The SMILES string of the molecule is O=C(O)c1cc(=O)c2cc(C(O)C(O)CCS)ccc2o1. The molecule has 0 aliphatic carbocycles. The van der Waals surface area contributed by atoms with E-state index in [2.05, 4.69) is 12.6 Å². The predicted molar refractivity (Wildman–Crippen MR) is 78.9 cm³/mol. The molecule has 0 amide bonds. The molecule has 2 atom stereocenters. The van der Waals surface area contributed by atoms with Gasteiger partial charge in [0.05, 0.1) is 11.5 Å². The second-order valence-electron chi connectivity index (χ2n) is 4.56. The number of hydrogen-bond donors (Lipinski definition) is 4. The quantitative estimate of drug-likeness (QED) is 0.618. The maximum atomic E-state index is 11.9. The first kappa shape index (κ1) is 15.6. The molecule has 21 heavy (non-hydrogen) atoms. The van der Waals surface area contributed by atoms with E-state index >= 15 is 0 Å². The van der Waals surface area contributed by atoms with Gasteiger partial charge in [0.2, 0.25) is 5.76 Å². The number of aliphatic hydroxyl groups excluding tert-OH is 2. The predicted octanol–water partition coefficient (Wildman–Crippen LogP) is 1.21. The number of aliphatic hydroxyl groups is 2. The van der Waals surface area contributed by atoms with Crippen molar-refractivity contribution in [2.24, 2.45) is 0 Å². The maximum absolute atomic E-state index is 11.9. The van der Waals surface area contributed by atoms with Crippen molar-refractivity contribution in [2.75, 3.05) is 5.75 Å². The van der Waals surface area contributed by atoms with E-state index < -0.39 is 29.4 Å². The van der Waals surface area contributed by atoms with Crippen LogP contribution in [0.15, 0.2) is 33.5 Å². The first-order valence-electron chi connectivity index (χ1n) is 6.22. The lowest BCUT2D eigenvalue weighted by atomic mass is 10.0. The number of carboxylic acids is 1. The molecule has 2 aromatic rings. The molecule has 0 aliphatic rings. The molecule has 1 heterocycles. The topological polar surface area (TPSA) is 108 Å². The monoisotopic (exact) mass is 310 g/mol. The molecule has 2 rings (SSSR count). The van der Waals surface area contributed by atoms with Crippen molar-refractivity contribution in [3.8, 4) is 0 Å². The van der Waals surface area contributed by atoms with Gasteiger partial charge in [0.15, 0.2) is 5.43 Å². The largest absolute Gasteiger partial charge is 0.475 e. The summed E-state index contributed by atoms with van der Waals surface area (Å²) in [6.45, 7) is 0.